The topological polar surface area (TPSA) is 64.3 Å². The zero-order valence-electron chi connectivity index (χ0n) is 17.6. The molecule has 0 bridgehead atoms. The second kappa shape index (κ2) is 10.2. The summed E-state index contributed by atoms with van der Waals surface area (Å²) < 4.78 is 8.40. The molecule has 0 spiro atoms. The van der Waals surface area contributed by atoms with Crippen LogP contribution >= 0.6 is 11.3 Å². The Kier molecular flexibility index (Phi) is 8.21. The van der Waals surface area contributed by atoms with Gasteiger partial charge in [0.25, 0.3) is 0 Å². The molecule has 0 aliphatic heterocycles. The van der Waals surface area contributed by atoms with E-state index in [-0.39, 0.29) is 5.85 Å². The van der Waals surface area contributed by atoms with Crippen molar-refractivity contribution in [1.82, 2.24) is 9.55 Å². The second-order valence-electron chi connectivity index (χ2n) is 8.02. The highest BCUT2D eigenvalue weighted by atomic mass is 32.1. The monoisotopic (exact) mass is 420 g/mol. The minimum absolute atomic E-state index is 0.0819. The van der Waals surface area contributed by atoms with Crippen molar-refractivity contribution in [2.45, 2.75) is 65.0 Å². The van der Waals surface area contributed by atoms with Gasteiger partial charge >= 0.3 is 5.97 Å². The van der Waals surface area contributed by atoms with Crippen LogP contribution in [0.2, 0.25) is 19.6 Å². The van der Waals surface area contributed by atoms with E-state index in [1.165, 1.54) is 6.08 Å². The van der Waals surface area contributed by atoms with Gasteiger partial charge in [-0.15, -0.1) is 0 Å². The molecule has 2 aromatic heterocycles. The molecule has 1 atom stereocenters. The molecule has 0 radical (unpaired) electrons. The van der Waals surface area contributed by atoms with Crippen molar-refractivity contribution >= 4 is 31.0 Å². The van der Waals surface area contributed by atoms with Gasteiger partial charge in [-0.3, -0.25) is 0 Å². The maximum atomic E-state index is 11.6. The van der Waals surface area contributed by atoms with Crippen LogP contribution < -0.4 is 0 Å². The minimum Gasteiger partial charge on any atom is -0.478 e. The van der Waals surface area contributed by atoms with Crippen LogP contribution in [-0.4, -0.2) is 35.3 Å². The Hall–Kier alpha value is -1.70. The predicted octanol–water partition coefficient (Wildman–Crippen LogP) is 5.41. The van der Waals surface area contributed by atoms with Crippen LogP contribution in [0.5, 0.6) is 0 Å². The first kappa shape index (κ1) is 22.6. The third-order valence-corrected chi connectivity index (χ3v) is 7.17. The number of hydrogen-bond acceptors (Lipinski definition) is 4. The molecule has 0 amide bonds. The smallest absolute Gasteiger partial charge is 0.328 e. The number of carboxylic acids is 1. The van der Waals surface area contributed by atoms with Gasteiger partial charge < -0.3 is 14.4 Å². The maximum absolute atomic E-state index is 11.6. The number of ether oxygens (including phenoxy) is 1. The Bertz CT molecular complexity index is 791. The fourth-order valence-electron chi connectivity index (χ4n) is 3.27. The second-order valence-corrected chi connectivity index (χ2v) is 14.0. The molecule has 2 rings (SSSR count). The van der Waals surface area contributed by atoms with E-state index in [1.807, 2.05) is 24.6 Å². The Balaban J connectivity index is 2.59. The van der Waals surface area contributed by atoms with Crippen molar-refractivity contribution in [2.75, 3.05) is 6.61 Å². The van der Waals surface area contributed by atoms with Gasteiger partial charge in [-0.2, -0.15) is 11.3 Å². The highest BCUT2D eigenvalue weighted by Gasteiger charge is 2.33. The number of rotatable bonds is 11. The lowest BCUT2D eigenvalue weighted by molar-refractivity contribution is -0.131. The summed E-state index contributed by atoms with van der Waals surface area (Å²) in [5, 5.41) is 13.6. The first-order chi connectivity index (χ1) is 13.3. The van der Waals surface area contributed by atoms with Gasteiger partial charge in [-0.1, -0.05) is 33.0 Å². The Morgan fingerprint density at radius 3 is 2.68 bits per heavy atom. The van der Waals surface area contributed by atoms with E-state index in [4.69, 9.17) is 9.72 Å². The van der Waals surface area contributed by atoms with E-state index in [2.05, 4.69) is 36.5 Å². The summed E-state index contributed by atoms with van der Waals surface area (Å²) in [6, 6.07) is 2.04. The predicted molar refractivity (Wildman–Crippen MR) is 118 cm³/mol. The number of aromatic nitrogens is 2. The molecule has 0 saturated heterocycles. The molecular weight excluding hydrogens is 388 g/mol. The number of carbonyl (C=O) groups is 1. The summed E-state index contributed by atoms with van der Waals surface area (Å²) >= 11 is 1.62. The average Bonchev–Trinajstić information content (AvgIpc) is 3.25. The summed E-state index contributed by atoms with van der Waals surface area (Å²) in [4.78, 5) is 16.3. The standard InChI is InChI=1S/C21H32N2O3SSi/c1-6-8-9-19-22-14-18(23(19)21(26-7-2)28(3,4)5)17(13-20(24)25)12-16-10-11-27-15-16/h10-11,13-15,21H,6-9,12H2,1-5H3,(H,24,25)/b17-13-. The van der Waals surface area contributed by atoms with Crippen molar-refractivity contribution in [2.24, 2.45) is 0 Å². The van der Waals surface area contributed by atoms with Gasteiger partial charge in [0, 0.05) is 25.5 Å². The number of aryl methyl sites for hydroxylation is 1. The van der Waals surface area contributed by atoms with Crippen LogP contribution in [-0.2, 0) is 22.4 Å². The first-order valence-corrected chi connectivity index (χ1v) is 14.4. The van der Waals surface area contributed by atoms with Gasteiger partial charge in [0.15, 0.2) is 0 Å². The number of nitrogens with zero attached hydrogens (tertiary/aromatic N) is 2. The third kappa shape index (κ3) is 5.89. The van der Waals surface area contributed by atoms with Gasteiger partial charge in [0.05, 0.1) is 11.9 Å². The summed E-state index contributed by atoms with van der Waals surface area (Å²) in [5.41, 5.74) is 2.74. The highest BCUT2D eigenvalue weighted by molar-refractivity contribution is 7.07. The normalized spacial score (nSPS) is 13.7. The zero-order chi connectivity index (χ0) is 20.7. The lowest BCUT2D eigenvalue weighted by atomic mass is 10.0. The molecule has 0 saturated carbocycles. The molecule has 154 valence electrons. The van der Waals surface area contributed by atoms with Crippen molar-refractivity contribution < 1.29 is 14.6 Å². The largest absolute Gasteiger partial charge is 0.478 e. The van der Waals surface area contributed by atoms with Crippen molar-refractivity contribution in [3.63, 3.8) is 0 Å². The van der Waals surface area contributed by atoms with Crippen LogP contribution in [0.1, 0.15) is 49.6 Å². The fourth-order valence-corrected chi connectivity index (χ4v) is 5.66. The summed E-state index contributed by atoms with van der Waals surface area (Å²) in [6.07, 6.45) is 6.72. The van der Waals surface area contributed by atoms with E-state index in [9.17, 15) is 9.90 Å². The van der Waals surface area contributed by atoms with Crippen LogP contribution in [0.3, 0.4) is 0 Å². The van der Waals surface area contributed by atoms with Crippen molar-refractivity contribution in [3.8, 4) is 0 Å². The molecule has 1 unspecified atom stereocenters. The van der Waals surface area contributed by atoms with Crippen LogP contribution in [0, 0.1) is 0 Å². The number of allylic oxidation sites excluding steroid dienone is 1. The molecule has 28 heavy (non-hydrogen) atoms. The van der Waals surface area contributed by atoms with Crippen LogP contribution in [0.25, 0.3) is 5.57 Å². The highest BCUT2D eigenvalue weighted by Crippen LogP contribution is 2.31. The van der Waals surface area contributed by atoms with Gasteiger partial charge in [-0.05, 0) is 41.3 Å². The summed E-state index contributed by atoms with van der Waals surface area (Å²) in [6.45, 7) is 11.6. The quantitative estimate of drug-likeness (QED) is 0.390. The Labute approximate surface area is 173 Å². The summed E-state index contributed by atoms with van der Waals surface area (Å²) in [7, 11) is -1.75. The molecule has 0 fully saturated rings. The molecular formula is C21H32N2O3SSi. The average molecular weight is 421 g/mol. The van der Waals surface area contributed by atoms with Gasteiger partial charge in [0.1, 0.15) is 19.7 Å². The summed E-state index contributed by atoms with van der Waals surface area (Å²) in [5.74, 6) is -0.0325. The van der Waals surface area contributed by atoms with E-state index in [0.717, 1.165) is 41.9 Å². The number of imidazole rings is 1. The Morgan fingerprint density at radius 2 is 2.14 bits per heavy atom. The number of carboxylic acid groups (broad SMARTS) is 1. The molecule has 5 nitrogen and oxygen atoms in total. The van der Waals surface area contributed by atoms with Crippen LogP contribution in [0.15, 0.2) is 29.1 Å². The molecule has 0 aromatic carbocycles. The number of aliphatic carboxylic acids is 1. The minimum atomic E-state index is -1.75. The zero-order valence-corrected chi connectivity index (χ0v) is 19.4. The van der Waals surface area contributed by atoms with Crippen molar-refractivity contribution in [1.29, 1.82) is 0 Å². The van der Waals surface area contributed by atoms with Gasteiger partial charge in [-0.25, -0.2) is 9.78 Å². The number of unbranched alkanes of at least 4 members (excludes halogenated alkanes) is 1. The Morgan fingerprint density at radius 1 is 1.39 bits per heavy atom. The SMILES string of the molecule is CCCCc1ncc(/C(=C\C(=O)O)Cc2ccsc2)n1C(OCC)[Si](C)(C)C. The van der Waals surface area contributed by atoms with Crippen LogP contribution in [0.4, 0.5) is 0 Å². The van der Waals surface area contributed by atoms with E-state index in [1.54, 1.807) is 11.3 Å². The molecule has 1 N–H and O–H groups in total. The number of hydrogen-bond donors (Lipinski definition) is 1. The molecule has 7 heteroatoms. The van der Waals surface area contributed by atoms with E-state index >= 15 is 0 Å². The lowest BCUT2D eigenvalue weighted by Gasteiger charge is -2.33. The lowest BCUT2D eigenvalue weighted by Crippen LogP contribution is -2.39. The van der Waals surface area contributed by atoms with E-state index in [0.29, 0.717) is 13.0 Å². The van der Waals surface area contributed by atoms with Gasteiger partial charge in [0.2, 0.25) is 0 Å². The van der Waals surface area contributed by atoms with E-state index < -0.39 is 14.0 Å². The van der Waals surface area contributed by atoms with Crippen molar-refractivity contribution in [3.05, 3.63) is 46.2 Å². The fraction of sp³-hybridized carbons (Fsp3) is 0.524. The number of thiophene rings is 1. The maximum Gasteiger partial charge on any atom is 0.328 e. The third-order valence-electron chi connectivity index (χ3n) is 4.53. The first-order valence-electron chi connectivity index (χ1n) is 9.90. The molecule has 2 heterocycles. The molecule has 0 aliphatic carbocycles. The molecule has 2 aromatic rings. The molecule has 0 aliphatic rings.